The van der Waals surface area contributed by atoms with Crippen LogP contribution in [0.4, 0.5) is 0 Å². The summed E-state index contributed by atoms with van der Waals surface area (Å²) in [5.74, 6) is 0.0840. The van der Waals surface area contributed by atoms with Crippen LogP contribution in [0.5, 0.6) is 0 Å². The maximum Gasteiger partial charge on any atom is 0.270 e. The third-order valence-corrected chi connectivity index (χ3v) is 3.96. The van der Waals surface area contributed by atoms with Crippen molar-refractivity contribution in [1.82, 2.24) is 15.2 Å². The summed E-state index contributed by atoms with van der Waals surface area (Å²) in [5.41, 5.74) is 1.66. The zero-order chi connectivity index (χ0) is 13.4. The Bertz CT molecular complexity index is 628. The molecule has 1 saturated heterocycles. The normalized spacial score (nSPS) is 18.9. The first kappa shape index (κ1) is 15.4. The van der Waals surface area contributed by atoms with Gasteiger partial charge in [0.2, 0.25) is 0 Å². The molecule has 0 spiro atoms. The van der Waals surface area contributed by atoms with Gasteiger partial charge in [-0.25, -0.2) is 0 Å². The first-order chi connectivity index (χ1) is 9.13. The summed E-state index contributed by atoms with van der Waals surface area (Å²) in [6.07, 6.45) is 0. The summed E-state index contributed by atoms with van der Waals surface area (Å²) in [6, 6.07) is 8.26. The number of rotatable bonds is 1. The number of hydrogen-bond acceptors (Lipinski definition) is 2. The molecule has 2 heterocycles. The van der Waals surface area contributed by atoms with E-state index in [1.807, 2.05) is 29.2 Å². The highest BCUT2D eigenvalue weighted by molar-refractivity contribution is 9.10. The van der Waals surface area contributed by atoms with Gasteiger partial charge in [-0.3, -0.25) is 4.79 Å². The van der Waals surface area contributed by atoms with E-state index in [-0.39, 0.29) is 18.3 Å². The summed E-state index contributed by atoms with van der Waals surface area (Å²) >= 11 is 3.45. The van der Waals surface area contributed by atoms with Gasteiger partial charge in [-0.1, -0.05) is 15.9 Å². The second-order valence-corrected chi connectivity index (χ2v) is 5.94. The molecule has 20 heavy (non-hydrogen) atoms. The van der Waals surface area contributed by atoms with E-state index in [0.717, 1.165) is 35.0 Å². The quantitative estimate of drug-likeness (QED) is 0.823. The molecule has 1 aliphatic heterocycles. The first-order valence-electron chi connectivity index (χ1n) is 6.44. The van der Waals surface area contributed by atoms with E-state index in [4.69, 9.17) is 0 Å². The number of hydrogen-bond donors (Lipinski definition) is 2. The Balaban J connectivity index is 0.00000147. The van der Waals surface area contributed by atoms with Gasteiger partial charge in [-0.15, -0.1) is 12.4 Å². The van der Waals surface area contributed by atoms with Gasteiger partial charge in [0.05, 0.1) is 0 Å². The molecule has 0 radical (unpaired) electrons. The fourth-order valence-electron chi connectivity index (χ4n) is 2.51. The Morgan fingerprint density at radius 3 is 2.95 bits per heavy atom. The number of aromatic nitrogens is 1. The summed E-state index contributed by atoms with van der Waals surface area (Å²) < 4.78 is 1.02. The van der Waals surface area contributed by atoms with Crippen LogP contribution in [0.25, 0.3) is 10.9 Å². The number of benzene rings is 1. The first-order valence-corrected chi connectivity index (χ1v) is 7.24. The largest absolute Gasteiger partial charge is 0.351 e. The summed E-state index contributed by atoms with van der Waals surface area (Å²) in [7, 11) is 0. The molecule has 2 aromatic rings. The van der Waals surface area contributed by atoms with Gasteiger partial charge < -0.3 is 15.2 Å². The highest BCUT2D eigenvalue weighted by atomic mass is 79.9. The van der Waals surface area contributed by atoms with Gasteiger partial charge in [0, 0.05) is 41.1 Å². The number of amides is 1. The van der Waals surface area contributed by atoms with Gasteiger partial charge in [0.25, 0.3) is 5.91 Å². The zero-order valence-electron chi connectivity index (χ0n) is 11.1. The number of carbonyl (C=O) groups excluding carboxylic acids is 1. The zero-order valence-corrected chi connectivity index (χ0v) is 13.6. The van der Waals surface area contributed by atoms with Crippen molar-refractivity contribution in [2.24, 2.45) is 0 Å². The maximum atomic E-state index is 12.5. The minimum atomic E-state index is 0. The predicted molar refractivity (Wildman–Crippen MR) is 86.6 cm³/mol. The van der Waals surface area contributed by atoms with Gasteiger partial charge in [0.15, 0.2) is 0 Å². The van der Waals surface area contributed by atoms with Gasteiger partial charge in [0.1, 0.15) is 5.69 Å². The van der Waals surface area contributed by atoms with Crippen LogP contribution in [-0.4, -0.2) is 41.5 Å². The van der Waals surface area contributed by atoms with Crippen molar-refractivity contribution < 1.29 is 4.79 Å². The van der Waals surface area contributed by atoms with E-state index in [2.05, 4.69) is 33.2 Å². The van der Waals surface area contributed by atoms with E-state index in [1.54, 1.807) is 0 Å². The molecule has 0 aliphatic carbocycles. The van der Waals surface area contributed by atoms with Gasteiger partial charge in [-0.05, 0) is 31.2 Å². The molecule has 3 rings (SSSR count). The van der Waals surface area contributed by atoms with Crippen LogP contribution in [0.15, 0.2) is 28.7 Å². The van der Waals surface area contributed by atoms with Crippen molar-refractivity contribution in [3.05, 3.63) is 34.4 Å². The number of H-pyrrole nitrogens is 1. The van der Waals surface area contributed by atoms with Crippen LogP contribution in [0.1, 0.15) is 17.4 Å². The Labute approximate surface area is 132 Å². The standard InChI is InChI=1S/C14H16BrN3O.ClH/c1-9-8-18(5-4-16-9)14(19)13-7-10-6-11(15)2-3-12(10)17-13;/h2-3,6-7,9,16-17H,4-5,8H2,1H3;1H/t9-;/m1./s1. The highest BCUT2D eigenvalue weighted by Crippen LogP contribution is 2.21. The molecular formula is C14H17BrClN3O. The second kappa shape index (κ2) is 6.16. The van der Waals surface area contributed by atoms with E-state index in [9.17, 15) is 4.79 Å². The third-order valence-electron chi connectivity index (χ3n) is 3.47. The average molecular weight is 359 g/mol. The molecule has 1 aromatic heterocycles. The molecule has 2 N–H and O–H groups in total. The van der Waals surface area contributed by atoms with E-state index in [1.165, 1.54) is 0 Å². The number of halogens is 2. The molecule has 0 unspecified atom stereocenters. The van der Waals surface area contributed by atoms with Gasteiger partial charge in [-0.2, -0.15) is 0 Å². The Hall–Kier alpha value is -1.04. The van der Waals surface area contributed by atoms with Crippen LogP contribution in [-0.2, 0) is 0 Å². The SMILES string of the molecule is C[C@@H]1CN(C(=O)c2cc3cc(Br)ccc3[nH]2)CCN1.Cl. The summed E-state index contributed by atoms with van der Waals surface area (Å²) in [6.45, 7) is 4.49. The lowest BCUT2D eigenvalue weighted by Crippen LogP contribution is -2.51. The number of nitrogens with one attached hydrogen (secondary N) is 2. The number of nitrogens with zero attached hydrogens (tertiary/aromatic N) is 1. The molecule has 6 heteroatoms. The van der Waals surface area contributed by atoms with Crippen LogP contribution in [0.3, 0.4) is 0 Å². The molecule has 4 nitrogen and oxygen atoms in total. The number of piperazine rings is 1. The van der Waals surface area contributed by atoms with Crippen molar-refractivity contribution in [3.63, 3.8) is 0 Å². The van der Waals surface area contributed by atoms with E-state index >= 15 is 0 Å². The minimum absolute atomic E-state index is 0. The lowest BCUT2D eigenvalue weighted by molar-refractivity contribution is 0.0704. The molecular weight excluding hydrogens is 342 g/mol. The minimum Gasteiger partial charge on any atom is -0.351 e. The smallest absolute Gasteiger partial charge is 0.270 e. The third kappa shape index (κ3) is 3.00. The molecule has 1 aromatic carbocycles. The van der Waals surface area contributed by atoms with Crippen LogP contribution >= 0.6 is 28.3 Å². The maximum absolute atomic E-state index is 12.5. The average Bonchev–Trinajstić information content (AvgIpc) is 2.80. The van der Waals surface area contributed by atoms with Crippen LogP contribution in [0, 0.1) is 0 Å². The van der Waals surface area contributed by atoms with Crippen molar-refractivity contribution >= 4 is 45.1 Å². The van der Waals surface area contributed by atoms with Crippen molar-refractivity contribution in [2.45, 2.75) is 13.0 Å². The Kier molecular flexibility index (Phi) is 4.73. The van der Waals surface area contributed by atoms with E-state index in [0.29, 0.717) is 11.7 Å². The van der Waals surface area contributed by atoms with Crippen molar-refractivity contribution in [2.75, 3.05) is 19.6 Å². The molecule has 1 atom stereocenters. The number of carbonyl (C=O) groups is 1. The molecule has 1 aliphatic rings. The molecule has 1 amide bonds. The Morgan fingerprint density at radius 2 is 2.20 bits per heavy atom. The highest BCUT2D eigenvalue weighted by Gasteiger charge is 2.22. The Morgan fingerprint density at radius 1 is 1.40 bits per heavy atom. The molecule has 108 valence electrons. The van der Waals surface area contributed by atoms with Gasteiger partial charge >= 0.3 is 0 Å². The van der Waals surface area contributed by atoms with Crippen LogP contribution < -0.4 is 5.32 Å². The van der Waals surface area contributed by atoms with Crippen molar-refractivity contribution in [3.8, 4) is 0 Å². The number of fused-ring (bicyclic) bond motifs is 1. The lowest BCUT2D eigenvalue weighted by Gasteiger charge is -2.31. The van der Waals surface area contributed by atoms with E-state index < -0.39 is 0 Å². The monoisotopic (exact) mass is 357 g/mol. The van der Waals surface area contributed by atoms with Crippen LogP contribution in [0.2, 0.25) is 0 Å². The molecule has 0 bridgehead atoms. The predicted octanol–water partition coefficient (Wildman–Crippen LogP) is 2.79. The summed E-state index contributed by atoms with van der Waals surface area (Å²) in [5, 5.41) is 4.40. The fourth-order valence-corrected chi connectivity index (χ4v) is 2.88. The topological polar surface area (TPSA) is 48.1 Å². The van der Waals surface area contributed by atoms with Crippen molar-refractivity contribution in [1.29, 1.82) is 0 Å². The fraction of sp³-hybridized carbons (Fsp3) is 0.357. The molecule has 1 fully saturated rings. The lowest BCUT2D eigenvalue weighted by atomic mass is 10.2. The second-order valence-electron chi connectivity index (χ2n) is 5.02. The summed E-state index contributed by atoms with van der Waals surface area (Å²) in [4.78, 5) is 17.6. The molecule has 0 saturated carbocycles. The number of aromatic amines is 1.